The Labute approximate surface area is 150 Å². The number of nitro groups is 1. The molecule has 126 valence electrons. The molecule has 0 bridgehead atoms. The van der Waals surface area contributed by atoms with Crippen LogP contribution in [0.15, 0.2) is 47.4 Å². The Kier molecular flexibility index (Phi) is 4.47. The number of nitro benzene ring substituents is 1. The van der Waals surface area contributed by atoms with E-state index in [1.54, 1.807) is 24.3 Å². The van der Waals surface area contributed by atoms with Gasteiger partial charge in [0.05, 0.1) is 15.5 Å². The summed E-state index contributed by atoms with van der Waals surface area (Å²) >= 11 is 6.53. The number of nitrogens with zero attached hydrogens (tertiary/aromatic N) is 2. The Hall–Kier alpha value is -2.84. The number of carbonyl (C=O) groups is 2. The molecule has 25 heavy (non-hydrogen) atoms. The monoisotopic (exact) mass is 376 g/mol. The number of hydrogen-bond acceptors (Lipinski definition) is 6. The average Bonchev–Trinajstić information content (AvgIpc) is 2.84. The molecule has 7 nitrogen and oxygen atoms in total. The van der Waals surface area contributed by atoms with E-state index in [9.17, 15) is 24.8 Å². The molecular weight excluding hydrogens is 368 g/mol. The number of phenolic OH excluding ortho intramolecular Hbond substituents is 1. The van der Waals surface area contributed by atoms with Gasteiger partial charge < -0.3 is 5.11 Å². The van der Waals surface area contributed by atoms with E-state index in [1.165, 1.54) is 12.1 Å². The number of phenols is 1. The van der Waals surface area contributed by atoms with Crippen LogP contribution in [0.1, 0.15) is 5.56 Å². The van der Waals surface area contributed by atoms with Crippen molar-refractivity contribution in [2.45, 2.75) is 0 Å². The van der Waals surface area contributed by atoms with Gasteiger partial charge in [-0.3, -0.25) is 19.7 Å². The molecule has 0 radical (unpaired) electrons. The lowest BCUT2D eigenvalue weighted by Gasteiger charge is -2.12. The zero-order valence-corrected chi connectivity index (χ0v) is 14.0. The van der Waals surface area contributed by atoms with E-state index in [0.29, 0.717) is 16.3 Å². The summed E-state index contributed by atoms with van der Waals surface area (Å²) in [7, 11) is 0. The van der Waals surface area contributed by atoms with E-state index in [1.807, 2.05) is 0 Å². The van der Waals surface area contributed by atoms with Gasteiger partial charge >= 0.3 is 5.69 Å². The highest BCUT2D eigenvalue weighted by atomic mass is 35.5. The Bertz CT molecular complexity index is 927. The molecule has 0 spiro atoms. The third-order valence-corrected chi connectivity index (χ3v) is 4.49. The molecule has 1 fully saturated rings. The maximum Gasteiger partial charge on any atom is 0.311 e. The fourth-order valence-electron chi connectivity index (χ4n) is 2.21. The number of amides is 2. The first kappa shape index (κ1) is 17.0. The van der Waals surface area contributed by atoms with Crippen molar-refractivity contribution >= 4 is 52.0 Å². The number of rotatable bonds is 3. The lowest BCUT2D eigenvalue weighted by Crippen LogP contribution is -2.27. The Balaban J connectivity index is 1.94. The molecule has 0 aliphatic carbocycles. The Morgan fingerprint density at radius 1 is 1.16 bits per heavy atom. The average molecular weight is 377 g/mol. The summed E-state index contributed by atoms with van der Waals surface area (Å²) in [4.78, 5) is 35.9. The fraction of sp³-hybridized carbons (Fsp3) is 0. The molecule has 0 unspecified atom stereocenters. The van der Waals surface area contributed by atoms with E-state index in [2.05, 4.69) is 0 Å². The summed E-state index contributed by atoms with van der Waals surface area (Å²) in [6.07, 6.45) is 1.37. The van der Waals surface area contributed by atoms with Crippen LogP contribution < -0.4 is 4.90 Å². The maximum atomic E-state index is 12.5. The summed E-state index contributed by atoms with van der Waals surface area (Å²) in [5, 5.41) is 20.3. The summed E-state index contributed by atoms with van der Waals surface area (Å²) in [5.74, 6) is -1.01. The molecule has 9 heteroatoms. The smallest absolute Gasteiger partial charge is 0.311 e. The third kappa shape index (κ3) is 3.35. The van der Waals surface area contributed by atoms with Crippen LogP contribution >= 0.6 is 23.4 Å². The minimum absolute atomic E-state index is 0.125. The topological polar surface area (TPSA) is 101 Å². The lowest BCUT2D eigenvalue weighted by molar-refractivity contribution is -0.385. The predicted octanol–water partition coefficient (Wildman–Crippen LogP) is 4.19. The summed E-state index contributed by atoms with van der Waals surface area (Å²) in [6.45, 7) is 0. The van der Waals surface area contributed by atoms with Crippen LogP contribution in [0.4, 0.5) is 16.2 Å². The number of carbonyl (C=O) groups excluding carboxylic acids is 2. The number of imide groups is 1. The normalized spacial score (nSPS) is 15.9. The largest absolute Gasteiger partial charge is 0.502 e. The van der Waals surface area contributed by atoms with Crippen LogP contribution in [0, 0.1) is 10.1 Å². The third-order valence-electron chi connectivity index (χ3n) is 3.37. The van der Waals surface area contributed by atoms with Crippen LogP contribution in [0.5, 0.6) is 5.75 Å². The molecule has 1 aliphatic rings. The van der Waals surface area contributed by atoms with Crippen LogP contribution in [0.3, 0.4) is 0 Å². The molecule has 2 amide bonds. The van der Waals surface area contributed by atoms with Crippen molar-refractivity contribution in [1.82, 2.24) is 0 Å². The van der Waals surface area contributed by atoms with Crippen molar-refractivity contribution in [1.29, 1.82) is 0 Å². The van der Waals surface area contributed by atoms with Gasteiger partial charge in [-0.2, -0.15) is 0 Å². The van der Waals surface area contributed by atoms with Crippen molar-refractivity contribution in [2.24, 2.45) is 0 Å². The minimum atomic E-state index is -0.730. The summed E-state index contributed by atoms with van der Waals surface area (Å²) < 4.78 is 0. The number of hydrogen-bond donors (Lipinski definition) is 1. The van der Waals surface area contributed by atoms with Gasteiger partial charge in [-0.1, -0.05) is 17.7 Å². The zero-order chi connectivity index (χ0) is 18.1. The number of halogens is 1. The molecule has 1 heterocycles. The van der Waals surface area contributed by atoms with E-state index in [-0.39, 0.29) is 4.91 Å². The molecular formula is C16H9ClN2O5S. The van der Waals surface area contributed by atoms with Gasteiger partial charge in [0, 0.05) is 11.1 Å². The van der Waals surface area contributed by atoms with Crippen LogP contribution in [0.25, 0.3) is 6.08 Å². The van der Waals surface area contributed by atoms with Crippen molar-refractivity contribution < 1.29 is 19.6 Å². The van der Waals surface area contributed by atoms with Crippen molar-refractivity contribution in [3.8, 4) is 5.75 Å². The summed E-state index contributed by atoms with van der Waals surface area (Å²) in [6, 6.07) is 9.93. The quantitative estimate of drug-likeness (QED) is 0.489. The highest BCUT2D eigenvalue weighted by Crippen LogP contribution is 2.37. The van der Waals surface area contributed by atoms with Crippen LogP contribution in [-0.2, 0) is 4.79 Å². The van der Waals surface area contributed by atoms with Crippen LogP contribution in [0.2, 0.25) is 5.02 Å². The minimum Gasteiger partial charge on any atom is -0.502 e. The van der Waals surface area contributed by atoms with Gasteiger partial charge in [0.1, 0.15) is 0 Å². The predicted molar refractivity (Wildman–Crippen MR) is 94.7 cm³/mol. The van der Waals surface area contributed by atoms with Gasteiger partial charge in [-0.05, 0) is 53.7 Å². The molecule has 0 saturated carbocycles. The molecule has 2 aromatic carbocycles. The first-order valence-electron chi connectivity index (χ1n) is 6.88. The second-order valence-corrected chi connectivity index (χ2v) is 6.43. The highest BCUT2D eigenvalue weighted by Gasteiger charge is 2.36. The van der Waals surface area contributed by atoms with E-state index in [4.69, 9.17) is 11.6 Å². The molecule has 3 rings (SSSR count). The SMILES string of the molecule is O=C1SC(=Cc2ccc(O)c([N+](=O)[O-])c2)C(=O)N1c1ccc(Cl)cc1. The van der Waals surface area contributed by atoms with Gasteiger partial charge in [0.25, 0.3) is 11.1 Å². The molecule has 0 aromatic heterocycles. The number of thioether (sulfide) groups is 1. The second kappa shape index (κ2) is 6.58. The first-order valence-corrected chi connectivity index (χ1v) is 8.07. The lowest BCUT2D eigenvalue weighted by atomic mass is 10.1. The standard InChI is InChI=1S/C16H9ClN2O5S/c17-10-2-4-11(5-3-10)18-15(21)14(25-16(18)22)8-9-1-6-13(20)12(7-9)19(23)24/h1-8,20H. The first-order chi connectivity index (χ1) is 11.9. The van der Waals surface area contributed by atoms with Gasteiger partial charge in [0.15, 0.2) is 5.75 Å². The zero-order valence-electron chi connectivity index (χ0n) is 12.4. The second-order valence-electron chi connectivity index (χ2n) is 5.00. The molecule has 0 atom stereocenters. The number of benzene rings is 2. The summed E-state index contributed by atoms with van der Waals surface area (Å²) in [5.41, 5.74) is 0.226. The van der Waals surface area contributed by atoms with E-state index in [0.717, 1.165) is 28.8 Å². The van der Waals surface area contributed by atoms with Gasteiger partial charge in [-0.15, -0.1) is 0 Å². The van der Waals surface area contributed by atoms with E-state index < -0.39 is 27.5 Å². The van der Waals surface area contributed by atoms with Crippen molar-refractivity contribution in [3.05, 3.63) is 68.1 Å². The van der Waals surface area contributed by atoms with Gasteiger partial charge in [-0.25, -0.2) is 4.90 Å². The molecule has 1 saturated heterocycles. The number of anilines is 1. The van der Waals surface area contributed by atoms with Crippen LogP contribution in [-0.4, -0.2) is 21.2 Å². The van der Waals surface area contributed by atoms with E-state index >= 15 is 0 Å². The Morgan fingerprint density at radius 2 is 1.84 bits per heavy atom. The molecule has 2 aromatic rings. The number of aromatic hydroxyl groups is 1. The Morgan fingerprint density at radius 3 is 2.48 bits per heavy atom. The highest BCUT2D eigenvalue weighted by molar-refractivity contribution is 8.19. The van der Waals surface area contributed by atoms with Crippen molar-refractivity contribution in [2.75, 3.05) is 4.90 Å². The maximum absolute atomic E-state index is 12.5. The fourth-order valence-corrected chi connectivity index (χ4v) is 3.18. The van der Waals surface area contributed by atoms with Crippen molar-refractivity contribution in [3.63, 3.8) is 0 Å². The van der Waals surface area contributed by atoms with Gasteiger partial charge in [0.2, 0.25) is 0 Å². The molecule has 1 N–H and O–H groups in total. The molecule has 1 aliphatic heterocycles.